The average molecular weight is 254 g/mol. The first-order valence-electron chi connectivity index (χ1n) is 6.64. The molecule has 1 aromatic rings. The number of hydrogen-bond acceptors (Lipinski definition) is 5. The van der Waals surface area contributed by atoms with Gasteiger partial charge in [-0.15, -0.1) is 0 Å². The molecule has 98 valence electrons. The summed E-state index contributed by atoms with van der Waals surface area (Å²) in [6.07, 6.45) is -0.421. The molecule has 0 N–H and O–H groups in total. The van der Waals surface area contributed by atoms with Gasteiger partial charge in [-0.2, -0.15) is 0 Å². The Morgan fingerprint density at radius 3 is 2.39 bits per heavy atom. The molecule has 1 fully saturated rings. The van der Waals surface area contributed by atoms with Crippen molar-refractivity contribution in [2.24, 2.45) is 0 Å². The summed E-state index contributed by atoms with van der Waals surface area (Å²) >= 11 is 0. The molecule has 1 aromatic heterocycles. The molecule has 2 rings (SSSR count). The molecule has 1 saturated heterocycles. The van der Waals surface area contributed by atoms with Crippen LogP contribution in [0, 0.1) is 0 Å². The zero-order valence-corrected chi connectivity index (χ0v) is 11.1. The van der Waals surface area contributed by atoms with E-state index in [0.29, 0.717) is 0 Å². The number of carbonyl (C=O) groups is 1. The van der Waals surface area contributed by atoms with Crippen LogP contribution in [0.3, 0.4) is 0 Å². The van der Waals surface area contributed by atoms with Crippen molar-refractivity contribution < 1.29 is 26.0 Å². The number of ether oxygens (including phenoxy) is 1. The summed E-state index contributed by atoms with van der Waals surface area (Å²) in [6, 6.07) is -0.232. The largest absolute Gasteiger partial charge is 0.499 e. The van der Waals surface area contributed by atoms with Crippen LogP contribution in [0.1, 0.15) is 41.0 Å². The smallest absolute Gasteiger partial charge is 0.463 e. The van der Waals surface area contributed by atoms with Crippen molar-refractivity contribution in [1.29, 1.82) is 0 Å². The van der Waals surface area contributed by atoms with Crippen molar-refractivity contribution in [3.05, 3.63) is 18.0 Å². The summed E-state index contributed by atoms with van der Waals surface area (Å²) in [4.78, 5) is 11.7. The summed E-state index contributed by atoms with van der Waals surface area (Å²) in [5.74, 6) is -0.984. The van der Waals surface area contributed by atoms with Crippen molar-refractivity contribution in [3.8, 4) is 0 Å². The lowest BCUT2D eigenvalue weighted by atomic mass is 9.79. The molecular formula is C12H17BO5. The lowest BCUT2D eigenvalue weighted by molar-refractivity contribution is 0.00578. The minimum atomic E-state index is -0.940. The minimum absolute atomic E-state index is 0.0977. The summed E-state index contributed by atoms with van der Waals surface area (Å²) in [5, 5.41) is 0. The van der Waals surface area contributed by atoms with Crippen molar-refractivity contribution >= 4 is 18.6 Å². The van der Waals surface area contributed by atoms with Crippen LogP contribution in [-0.2, 0) is 14.0 Å². The highest BCUT2D eigenvalue weighted by Crippen LogP contribution is 2.36. The maximum absolute atomic E-state index is 11.7. The number of hydrogen-bond donors (Lipinski definition) is 0. The van der Waals surface area contributed by atoms with E-state index < -0.39 is 30.5 Å². The van der Waals surface area contributed by atoms with E-state index >= 15 is 0 Å². The maximum Gasteiger partial charge on any atom is 0.499 e. The molecule has 1 aliphatic rings. The molecule has 0 amide bonds. The fraction of sp³-hybridized carbons (Fsp3) is 0.583. The van der Waals surface area contributed by atoms with E-state index in [1.807, 2.05) is 27.7 Å². The lowest BCUT2D eigenvalue weighted by Crippen LogP contribution is -2.41. The van der Waals surface area contributed by atoms with Gasteiger partial charge in [0.2, 0.25) is 5.76 Å². The number of methoxy groups -OCH3 is 1. The van der Waals surface area contributed by atoms with E-state index in [2.05, 4.69) is 4.74 Å². The molecule has 18 heavy (non-hydrogen) atoms. The minimum Gasteiger partial charge on any atom is -0.463 e. The van der Waals surface area contributed by atoms with Crippen molar-refractivity contribution in [1.82, 2.24) is 0 Å². The predicted molar refractivity (Wildman–Crippen MR) is 65.8 cm³/mol. The topological polar surface area (TPSA) is 57.9 Å². The molecule has 0 spiro atoms. The Kier molecular flexibility index (Phi) is 2.45. The van der Waals surface area contributed by atoms with Crippen LogP contribution in [0.5, 0.6) is 0 Å². The second-order valence-electron chi connectivity index (χ2n) is 5.15. The molecule has 0 aliphatic carbocycles. The fourth-order valence-electron chi connectivity index (χ4n) is 1.61. The molecule has 0 aromatic carbocycles. The summed E-state index contributed by atoms with van der Waals surface area (Å²) in [6.45, 7) is 7.43. The first-order valence-corrected chi connectivity index (χ1v) is 5.64. The number of rotatable bonds is 2. The molecular weight excluding hydrogens is 235 g/mol. The third-order valence-corrected chi connectivity index (χ3v) is 3.44. The number of esters is 1. The maximum atomic E-state index is 11.7. The summed E-state index contributed by atoms with van der Waals surface area (Å²) < 4.78 is 36.6. The van der Waals surface area contributed by atoms with Gasteiger partial charge < -0.3 is 18.5 Å². The Hall–Kier alpha value is -1.27. The van der Waals surface area contributed by atoms with Crippen molar-refractivity contribution in [3.63, 3.8) is 0 Å². The molecule has 6 heteroatoms. The van der Waals surface area contributed by atoms with Gasteiger partial charge in [-0.05, 0) is 33.7 Å². The predicted octanol–water partition coefficient (Wildman–Crippen LogP) is 1.37. The van der Waals surface area contributed by atoms with E-state index in [1.54, 1.807) is 0 Å². The SMILES string of the molecule is [2H]c1oc(C(=O)OC)c(B2OC(C)(C)C(C)(C)O2)c1[2H]. The third kappa shape index (κ3) is 1.95. The van der Waals surface area contributed by atoms with E-state index in [1.165, 1.54) is 7.11 Å². The monoisotopic (exact) mass is 254 g/mol. The van der Waals surface area contributed by atoms with Crippen LogP contribution in [-0.4, -0.2) is 31.4 Å². The fourth-order valence-corrected chi connectivity index (χ4v) is 1.61. The van der Waals surface area contributed by atoms with Crippen LogP contribution < -0.4 is 5.46 Å². The van der Waals surface area contributed by atoms with Gasteiger partial charge in [-0.3, -0.25) is 0 Å². The van der Waals surface area contributed by atoms with Crippen LogP contribution in [0.15, 0.2) is 16.7 Å². The zero-order chi connectivity index (χ0) is 15.3. The highest BCUT2D eigenvalue weighted by molar-refractivity contribution is 6.63. The van der Waals surface area contributed by atoms with Gasteiger partial charge in [0.05, 0.1) is 25.9 Å². The van der Waals surface area contributed by atoms with Gasteiger partial charge in [-0.25, -0.2) is 4.79 Å². The molecule has 5 nitrogen and oxygen atoms in total. The second kappa shape index (κ2) is 4.14. The number of furan rings is 1. The molecule has 1 aliphatic heterocycles. The van der Waals surface area contributed by atoms with Crippen LogP contribution in [0.4, 0.5) is 0 Å². The molecule has 0 saturated carbocycles. The number of carbonyl (C=O) groups excluding carboxylic acids is 1. The molecule has 0 bridgehead atoms. The van der Waals surface area contributed by atoms with Gasteiger partial charge in [0, 0.05) is 5.46 Å². The molecule has 0 radical (unpaired) electrons. The van der Waals surface area contributed by atoms with E-state index in [4.69, 9.17) is 16.5 Å². The zero-order valence-electron chi connectivity index (χ0n) is 13.1. The van der Waals surface area contributed by atoms with Gasteiger partial charge in [0.25, 0.3) is 0 Å². The van der Waals surface area contributed by atoms with Gasteiger partial charge >= 0.3 is 13.1 Å². The molecule has 2 heterocycles. The van der Waals surface area contributed by atoms with E-state index in [9.17, 15) is 4.79 Å². The van der Waals surface area contributed by atoms with Crippen LogP contribution >= 0.6 is 0 Å². The Balaban J connectivity index is 2.47. The van der Waals surface area contributed by atoms with E-state index in [-0.39, 0.29) is 17.3 Å². The Labute approximate surface area is 109 Å². The quantitative estimate of drug-likeness (QED) is 0.589. The highest BCUT2D eigenvalue weighted by atomic mass is 16.7. The normalized spacial score (nSPS) is 22.6. The van der Waals surface area contributed by atoms with Gasteiger partial charge in [-0.1, -0.05) is 0 Å². The van der Waals surface area contributed by atoms with Crippen molar-refractivity contribution in [2.45, 2.75) is 38.9 Å². The Bertz CT molecular complexity index is 536. The standard InChI is InChI=1S/C12H17BO5/c1-11(2)12(3,4)18-13(17-11)8-6-7-16-9(8)10(14)15-5/h6-7H,1-5H3/i6D,7D. The Morgan fingerprint density at radius 1 is 1.33 bits per heavy atom. The van der Waals surface area contributed by atoms with Crippen molar-refractivity contribution in [2.75, 3.05) is 7.11 Å². The second-order valence-corrected chi connectivity index (χ2v) is 5.15. The van der Waals surface area contributed by atoms with E-state index in [0.717, 1.165) is 0 Å². The highest BCUT2D eigenvalue weighted by Gasteiger charge is 2.53. The summed E-state index contributed by atoms with van der Waals surface area (Å²) in [5.41, 5.74) is -1.13. The van der Waals surface area contributed by atoms with Crippen LogP contribution in [0.2, 0.25) is 0 Å². The third-order valence-electron chi connectivity index (χ3n) is 3.44. The van der Waals surface area contributed by atoms with Gasteiger partial charge in [0.15, 0.2) is 0 Å². The summed E-state index contributed by atoms with van der Waals surface area (Å²) in [7, 11) is 0.260. The first kappa shape index (κ1) is 10.6. The Morgan fingerprint density at radius 2 is 1.89 bits per heavy atom. The average Bonchev–Trinajstić information content (AvgIpc) is 2.73. The van der Waals surface area contributed by atoms with Crippen LogP contribution in [0.25, 0.3) is 0 Å². The molecule has 0 unspecified atom stereocenters. The first-order chi connectivity index (χ1) is 9.10. The lowest BCUT2D eigenvalue weighted by Gasteiger charge is -2.32. The molecule has 0 atom stereocenters. The van der Waals surface area contributed by atoms with Gasteiger partial charge in [0.1, 0.15) is 1.37 Å².